The molecule has 2 aliphatic heterocycles. The topological polar surface area (TPSA) is 109 Å². The fourth-order valence-corrected chi connectivity index (χ4v) is 6.67. The highest BCUT2D eigenvalue weighted by Gasteiger charge is 2.21. The van der Waals surface area contributed by atoms with E-state index in [9.17, 15) is 0 Å². The fourth-order valence-electron chi connectivity index (χ4n) is 6.45. The number of aromatic nitrogens is 4. The minimum atomic E-state index is 0.413. The Morgan fingerprint density at radius 2 is 1.12 bits per heavy atom. The van der Waals surface area contributed by atoms with Crippen LogP contribution in [0, 0.1) is 0 Å². The second kappa shape index (κ2) is 19.2. The van der Waals surface area contributed by atoms with Crippen LogP contribution in [0.25, 0.3) is 22.8 Å². The number of hydrogen-bond acceptors (Lipinski definition) is 10. The number of likely N-dealkylation sites (tertiary alicyclic amines) is 1. The lowest BCUT2D eigenvalue weighted by molar-refractivity contribution is 0.210. The molecule has 11 heteroatoms. The standard InChI is InChI=1S/C26H31ClN4O2.C15H18N4/c1-3-32-23-14-19(15-24(25(23)27)33-4-2)18-31-12-10-21(11-13-31)30-22-16-28-26(29-17-22)20-8-6-5-7-9-20;1-2-4-12(5-3-1)15-17-10-14(11-18-15)19-13-6-8-16-9-7-13/h5-9,14-17,21,30H,3-4,10-13,18H2,1-2H3;1-5,10-11,13,16,19H,6-9H2. The van der Waals surface area contributed by atoms with E-state index in [1.165, 1.54) is 0 Å². The average molecular weight is 721 g/mol. The minimum absolute atomic E-state index is 0.413. The van der Waals surface area contributed by atoms with Crippen LogP contribution in [0.1, 0.15) is 45.1 Å². The van der Waals surface area contributed by atoms with Gasteiger partial charge in [0.2, 0.25) is 0 Å². The molecule has 7 rings (SSSR count). The second-order valence-electron chi connectivity index (χ2n) is 13.0. The Labute approximate surface area is 312 Å². The summed E-state index contributed by atoms with van der Waals surface area (Å²) in [6, 6.07) is 25.1. The van der Waals surface area contributed by atoms with E-state index in [0.717, 1.165) is 98.1 Å². The summed E-state index contributed by atoms with van der Waals surface area (Å²) in [5.74, 6) is 2.90. The Morgan fingerprint density at radius 3 is 1.56 bits per heavy atom. The highest BCUT2D eigenvalue weighted by atomic mass is 35.5. The molecule has 2 aromatic heterocycles. The summed E-state index contributed by atoms with van der Waals surface area (Å²) in [5.41, 5.74) is 5.21. The normalized spacial score (nSPS) is 15.3. The van der Waals surface area contributed by atoms with Crippen LogP contribution in [0.15, 0.2) is 97.6 Å². The molecule has 272 valence electrons. The van der Waals surface area contributed by atoms with Crippen LogP contribution < -0.4 is 25.4 Å². The van der Waals surface area contributed by atoms with Gasteiger partial charge in [0.15, 0.2) is 11.6 Å². The highest BCUT2D eigenvalue weighted by molar-refractivity contribution is 6.33. The molecule has 0 saturated carbocycles. The van der Waals surface area contributed by atoms with Gasteiger partial charge >= 0.3 is 0 Å². The zero-order valence-electron chi connectivity index (χ0n) is 30.1. The van der Waals surface area contributed by atoms with Crippen molar-refractivity contribution >= 4 is 23.0 Å². The van der Waals surface area contributed by atoms with Gasteiger partial charge in [0.05, 0.1) is 49.4 Å². The van der Waals surface area contributed by atoms with Gasteiger partial charge < -0.3 is 25.4 Å². The molecule has 2 aliphatic rings. The molecule has 10 nitrogen and oxygen atoms in total. The third-order valence-corrected chi connectivity index (χ3v) is 9.48. The Hall–Kier alpha value is -4.77. The van der Waals surface area contributed by atoms with Crippen LogP contribution in [-0.4, -0.2) is 76.3 Å². The lowest BCUT2D eigenvalue weighted by atomic mass is 10.0. The maximum Gasteiger partial charge on any atom is 0.159 e. The second-order valence-corrected chi connectivity index (χ2v) is 13.3. The zero-order chi connectivity index (χ0) is 36.0. The van der Waals surface area contributed by atoms with Crippen molar-refractivity contribution in [1.29, 1.82) is 0 Å². The lowest BCUT2D eigenvalue weighted by Crippen LogP contribution is -2.38. The largest absolute Gasteiger partial charge is 0.492 e. The Morgan fingerprint density at radius 1 is 0.673 bits per heavy atom. The molecule has 0 radical (unpaired) electrons. The quantitative estimate of drug-likeness (QED) is 0.117. The average Bonchev–Trinajstić information content (AvgIpc) is 3.19. The smallest absolute Gasteiger partial charge is 0.159 e. The van der Waals surface area contributed by atoms with E-state index in [1.807, 2.05) is 111 Å². The monoisotopic (exact) mass is 720 g/mol. The van der Waals surface area contributed by atoms with Crippen LogP contribution in [-0.2, 0) is 6.54 Å². The van der Waals surface area contributed by atoms with E-state index < -0.39 is 0 Å². The van der Waals surface area contributed by atoms with Crippen molar-refractivity contribution in [3.8, 4) is 34.3 Å². The van der Waals surface area contributed by atoms with Gasteiger partial charge in [-0.1, -0.05) is 72.3 Å². The highest BCUT2D eigenvalue weighted by Crippen LogP contribution is 2.36. The van der Waals surface area contributed by atoms with E-state index in [-0.39, 0.29) is 0 Å². The predicted octanol–water partition coefficient (Wildman–Crippen LogP) is 7.98. The Balaban J connectivity index is 0.000000206. The molecule has 0 unspecified atom stereocenters. The fraction of sp³-hybridized carbons (Fsp3) is 0.366. The molecule has 0 aliphatic carbocycles. The third-order valence-electron chi connectivity index (χ3n) is 9.11. The van der Waals surface area contributed by atoms with Crippen molar-refractivity contribution in [2.75, 3.05) is 50.0 Å². The number of ether oxygens (including phenoxy) is 2. The predicted molar refractivity (Wildman–Crippen MR) is 210 cm³/mol. The molecule has 2 saturated heterocycles. The van der Waals surface area contributed by atoms with Gasteiger partial charge in [-0.2, -0.15) is 0 Å². The van der Waals surface area contributed by atoms with Gasteiger partial charge in [0.25, 0.3) is 0 Å². The molecule has 3 aromatic carbocycles. The Kier molecular flexibility index (Phi) is 13.6. The summed E-state index contributed by atoms with van der Waals surface area (Å²) in [7, 11) is 0. The van der Waals surface area contributed by atoms with E-state index in [1.54, 1.807) is 0 Å². The van der Waals surface area contributed by atoms with Crippen LogP contribution in [0.3, 0.4) is 0 Å². The van der Waals surface area contributed by atoms with Gasteiger partial charge in [-0.3, -0.25) is 4.90 Å². The van der Waals surface area contributed by atoms with E-state index in [4.69, 9.17) is 21.1 Å². The molecule has 2 fully saturated rings. The Bertz CT molecular complexity index is 1760. The third kappa shape index (κ3) is 10.6. The SMILES string of the molecule is CCOc1cc(CN2CCC(Nc3cnc(-c4ccccc4)nc3)CC2)cc(OCC)c1Cl.c1ccc(-c2ncc(NC3CCNCC3)cn2)cc1. The van der Waals surface area contributed by atoms with Crippen LogP contribution in [0.5, 0.6) is 11.5 Å². The molecular formula is C41H49ClN8O2. The van der Waals surface area contributed by atoms with Crippen molar-refractivity contribution < 1.29 is 9.47 Å². The number of nitrogens with zero attached hydrogens (tertiary/aromatic N) is 5. The van der Waals surface area contributed by atoms with Crippen molar-refractivity contribution in [3.05, 3.63) is 108 Å². The van der Waals surface area contributed by atoms with Crippen molar-refractivity contribution in [1.82, 2.24) is 30.2 Å². The number of anilines is 2. The molecule has 0 spiro atoms. The molecule has 5 aromatic rings. The molecule has 0 bridgehead atoms. The van der Waals surface area contributed by atoms with Gasteiger partial charge in [0, 0.05) is 42.8 Å². The maximum atomic E-state index is 6.44. The number of hydrogen-bond donors (Lipinski definition) is 3. The van der Waals surface area contributed by atoms with Crippen LogP contribution in [0.4, 0.5) is 11.4 Å². The minimum Gasteiger partial charge on any atom is -0.492 e. The number of benzene rings is 3. The molecule has 52 heavy (non-hydrogen) atoms. The first kappa shape index (κ1) is 37.0. The number of piperidine rings is 2. The summed E-state index contributed by atoms with van der Waals surface area (Å²) in [6.45, 7) is 10.1. The summed E-state index contributed by atoms with van der Waals surface area (Å²) >= 11 is 6.44. The summed E-state index contributed by atoms with van der Waals surface area (Å²) in [5, 5.41) is 11.0. The van der Waals surface area contributed by atoms with Gasteiger partial charge in [-0.25, -0.2) is 19.9 Å². The van der Waals surface area contributed by atoms with E-state index in [2.05, 4.69) is 40.8 Å². The lowest BCUT2D eigenvalue weighted by Gasteiger charge is -2.33. The van der Waals surface area contributed by atoms with E-state index >= 15 is 0 Å². The number of rotatable bonds is 12. The van der Waals surface area contributed by atoms with E-state index in [0.29, 0.717) is 41.8 Å². The maximum absolute atomic E-state index is 6.44. The molecular weight excluding hydrogens is 672 g/mol. The number of halogens is 1. The number of nitrogens with one attached hydrogen (secondary N) is 3. The van der Waals surface area contributed by atoms with Crippen LogP contribution in [0.2, 0.25) is 5.02 Å². The van der Waals surface area contributed by atoms with Gasteiger partial charge in [-0.05, 0) is 70.3 Å². The first-order chi connectivity index (χ1) is 25.6. The van der Waals surface area contributed by atoms with Crippen LogP contribution >= 0.6 is 11.6 Å². The summed E-state index contributed by atoms with van der Waals surface area (Å²) in [6.07, 6.45) is 11.9. The molecule has 3 N–H and O–H groups in total. The van der Waals surface area contributed by atoms with Crippen molar-refractivity contribution in [3.63, 3.8) is 0 Å². The van der Waals surface area contributed by atoms with Gasteiger partial charge in [0.1, 0.15) is 16.5 Å². The molecule has 4 heterocycles. The zero-order valence-corrected chi connectivity index (χ0v) is 30.9. The van der Waals surface area contributed by atoms with Gasteiger partial charge in [-0.15, -0.1) is 0 Å². The van der Waals surface area contributed by atoms with Crippen molar-refractivity contribution in [2.24, 2.45) is 0 Å². The first-order valence-corrected chi connectivity index (χ1v) is 18.7. The molecule has 0 atom stereocenters. The molecule has 0 amide bonds. The van der Waals surface area contributed by atoms with Crippen molar-refractivity contribution in [2.45, 2.75) is 58.2 Å². The first-order valence-electron chi connectivity index (χ1n) is 18.4. The summed E-state index contributed by atoms with van der Waals surface area (Å²) in [4.78, 5) is 20.4. The summed E-state index contributed by atoms with van der Waals surface area (Å²) < 4.78 is 11.4.